The van der Waals surface area contributed by atoms with Crippen LogP contribution in [0.5, 0.6) is 0 Å². The van der Waals surface area contributed by atoms with Gasteiger partial charge in [-0.1, -0.05) is 6.92 Å². The Morgan fingerprint density at radius 3 is 2.94 bits per heavy atom. The third-order valence-corrected chi connectivity index (χ3v) is 2.96. The van der Waals surface area contributed by atoms with Crippen molar-refractivity contribution in [2.24, 2.45) is 0 Å². The van der Waals surface area contributed by atoms with Gasteiger partial charge in [-0.05, 0) is 12.5 Å². The molecule has 0 aliphatic rings. The smallest absolute Gasteiger partial charge is 0.239 e. The highest BCUT2D eigenvalue weighted by molar-refractivity contribution is 7.12. The Morgan fingerprint density at radius 2 is 2.38 bits per heavy atom. The number of nitrogens with zero attached hydrogens (tertiary/aromatic N) is 1. The topological polar surface area (TPSA) is 49.4 Å². The fourth-order valence-electron chi connectivity index (χ4n) is 1.23. The second-order valence-corrected chi connectivity index (χ2v) is 4.47. The Morgan fingerprint density at radius 1 is 1.62 bits per heavy atom. The molecule has 0 aliphatic heterocycles. The minimum atomic E-state index is 0.00297. The van der Waals surface area contributed by atoms with Gasteiger partial charge in [-0.2, -0.15) is 0 Å². The molecule has 1 aromatic rings. The van der Waals surface area contributed by atoms with Crippen molar-refractivity contribution in [3.05, 3.63) is 16.3 Å². The molecule has 0 spiro atoms. The van der Waals surface area contributed by atoms with E-state index in [1.807, 2.05) is 24.3 Å². The van der Waals surface area contributed by atoms with Crippen molar-refractivity contribution in [1.29, 1.82) is 0 Å². The second-order valence-electron chi connectivity index (χ2n) is 3.53. The Bertz CT molecular complexity index is 363. The molecule has 1 amide bonds. The van der Waals surface area contributed by atoms with Crippen molar-refractivity contribution in [2.45, 2.75) is 13.3 Å². The van der Waals surface area contributed by atoms with E-state index in [-0.39, 0.29) is 5.91 Å². The lowest BCUT2D eigenvalue weighted by molar-refractivity contribution is -0.119. The number of aldehydes is 1. The first kappa shape index (κ1) is 12.7. The van der Waals surface area contributed by atoms with Crippen LogP contribution in [-0.2, 0) is 4.79 Å². The summed E-state index contributed by atoms with van der Waals surface area (Å²) < 4.78 is 0. The fourth-order valence-corrected chi connectivity index (χ4v) is 1.98. The molecular formula is C11H16N2O2S. The maximum Gasteiger partial charge on any atom is 0.239 e. The molecule has 1 N–H and O–H groups in total. The standard InChI is InChI=1S/C11H16N2O2S/c1-3-4-12-11(15)6-13(2)9-5-10(7-14)16-8-9/h5,7-8H,3-4,6H2,1-2H3,(H,12,15). The molecule has 0 unspecified atom stereocenters. The molecule has 0 aromatic carbocycles. The summed E-state index contributed by atoms with van der Waals surface area (Å²) in [6.45, 7) is 3.03. The number of amides is 1. The van der Waals surface area contributed by atoms with Gasteiger partial charge in [0.05, 0.1) is 11.4 Å². The zero-order valence-electron chi connectivity index (χ0n) is 9.53. The average Bonchev–Trinajstić information content (AvgIpc) is 2.74. The van der Waals surface area contributed by atoms with Gasteiger partial charge < -0.3 is 10.2 Å². The van der Waals surface area contributed by atoms with Crippen LogP contribution in [0.4, 0.5) is 5.69 Å². The van der Waals surface area contributed by atoms with E-state index in [1.165, 1.54) is 11.3 Å². The number of anilines is 1. The summed E-state index contributed by atoms with van der Waals surface area (Å²) >= 11 is 1.38. The summed E-state index contributed by atoms with van der Waals surface area (Å²) in [6.07, 6.45) is 1.75. The van der Waals surface area contributed by atoms with Crippen LogP contribution in [0.2, 0.25) is 0 Å². The predicted octanol–water partition coefficient (Wildman–Crippen LogP) is 1.52. The molecule has 0 radical (unpaired) electrons. The van der Waals surface area contributed by atoms with Crippen LogP contribution in [0.1, 0.15) is 23.0 Å². The molecule has 0 atom stereocenters. The fraction of sp³-hybridized carbons (Fsp3) is 0.455. The van der Waals surface area contributed by atoms with E-state index in [0.717, 1.165) is 18.4 Å². The summed E-state index contributed by atoms with van der Waals surface area (Å²) in [4.78, 5) is 24.5. The first-order valence-corrected chi connectivity index (χ1v) is 6.07. The molecule has 0 aliphatic carbocycles. The van der Waals surface area contributed by atoms with E-state index in [9.17, 15) is 9.59 Å². The SMILES string of the molecule is CCCNC(=O)CN(C)c1csc(C=O)c1. The minimum absolute atomic E-state index is 0.00297. The summed E-state index contributed by atoms with van der Waals surface area (Å²) in [7, 11) is 1.84. The first-order chi connectivity index (χ1) is 7.67. The normalized spacial score (nSPS) is 9.88. The van der Waals surface area contributed by atoms with Crippen LogP contribution in [0.3, 0.4) is 0 Å². The third kappa shape index (κ3) is 3.66. The van der Waals surface area contributed by atoms with E-state index < -0.39 is 0 Å². The van der Waals surface area contributed by atoms with Crippen molar-refractivity contribution in [3.8, 4) is 0 Å². The molecule has 1 rings (SSSR count). The number of carbonyl (C=O) groups excluding carboxylic acids is 2. The first-order valence-electron chi connectivity index (χ1n) is 5.19. The number of rotatable bonds is 6. The highest BCUT2D eigenvalue weighted by Gasteiger charge is 2.08. The highest BCUT2D eigenvalue weighted by Crippen LogP contribution is 2.20. The second kappa shape index (κ2) is 6.27. The Hall–Kier alpha value is -1.36. The molecule has 5 heteroatoms. The zero-order chi connectivity index (χ0) is 12.0. The molecule has 1 aromatic heterocycles. The lowest BCUT2D eigenvalue weighted by atomic mass is 10.4. The van der Waals surface area contributed by atoms with Gasteiger partial charge in [-0.3, -0.25) is 9.59 Å². The van der Waals surface area contributed by atoms with Gasteiger partial charge in [0.1, 0.15) is 0 Å². The zero-order valence-corrected chi connectivity index (χ0v) is 10.3. The summed E-state index contributed by atoms with van der Waals surface area (Å²) in [6, 6.07) is 1.78. The van der Waals surface area contributed by atoms with Crippen LogP contribution in [-0.4, -0.2) is 32.3 Å². The van der Waals surface area contributed by atoms with Gasteiger partial charge in [-0.15, -0.1) is 11.3 Å². The van der Waals surface area contributed by atoms with E-state index in [4.69, 9.17) is 0 Å². The van der Waals surface area contributed by atoms with Crippen molar-refractivity contribution >= 4 is 29.2 Å². The maximum atomic E-state index is 11.4. The van der Waals surface area contributed by atoms with E-state index in [0.29, 0.717) is 18.0 Å². The predicted molar refractivity (Wildman–Crippen MR) is 66.3 cm³/mol. The molecular weight excluding hydrogens is 224 g/mol. The van der Waals surface area contributed by atoms with Gasteiger partial charge in [0.25, 0.3) is 0 Å². The van der Waals surface area contributed by atoms with Gasteiger partial charge in [0.2, 0.25) is 5.91 Å². The third-order valence-electron chi connectivity index (χ3n) is 2.12. The molecule has 16 heavy (non-hydrogen) atoms. The largest absolute Gasteiger partial charge is 0.365 e. The number of nitrogens with one attached hydrogen (secondary N) is 1. The number of hydrogen-bond acceptors (Lipinski definition) is 4. The Kier molecular flexibility index (Phi) is 4.98. The quantitative estimate of drug-likeness (QED) is 0.767. The van der Waals surface area contributed by atoms with Crippen molar-refractivity contribution in [3.63, 3.8) is 0 Å². The van der Waals surface area contributed by atoms with Crippen molar-refractivity contribution < 1.29 is 9.59 Å². The molecule has 4 nitrogen and oxygen atoms in total. The Labute approximate surface area is 99.3 Å². The number of hydrogen-bond donors (Lipinski definition) is 1. The molecule has 0 saturated heterocycles. The van der Waals surface area contributed by atoms with Gasteiger partial charge >= 0.3 is 0 Å². The van der Waals surface area contributed by atoms with E-state index >= 15 is 0 Å². The van der Waals surface area contributed by atoms with Gasteiger partial charge in [0, 0.05) is 24.7 Å². The Balaban J connectivity index is 2.48. The lowest BCUT2D eigenvalue weighted by Crippen LogP contribution is -2.35. The highest BCUT2D eigenvalue weighted by atomic mass is 32.1. The monoisotopic (exact) mass is 240 g/mol. The van der Waals surface area contributed by atoms with Gasteiger partial charge in [0.15, 0.2) is 6.29 Å². The van der Waals surface area contributed by atoms with Crippen LogP contribution in [0.15, 0.2) is 11.4 Å². The molecule has 88 valence electrons. The number of likely N-dealkylation sites (N-methyl/N-ethyl adjacent to an activating group) is 1. The van der Waals surface area contributed by atoms with Crippen molar-refractivity contribution in [2.75, 3.05) is 25.0 Å². The molecule has 1 heterocycles. The lowest BCUT2D eigenvalue weighted by Gasteiger charge is -2.16. The maximum absolute atomic E-state index is 11.4. The van der Waals surface area contributed by atoms with Crippen LogP contribution < -0.4 is 10.2 Å². The van der Waals surface area contributed by atoms with Crippen LogP contribution in [0, 0.1) is 0 Å². The summed E-state index contributed by atoms with van der Waals surface area (Å²) in [5, 5.41) is 4.68. The minimum Gasteiger partial charge on any atom is -0.365 e. The van der Waals surface area contributed by atoms with E-state index in [2.05, 4.69) is 5.32 Å². The number of thiophene rings is 1. The molecule has 0 saturated carbocycles. The summed E-state index contributed by atoms with van der Waals surface area (Å²) in [5.41, 5.74) is 0.902. The van der Waals surface area contributed by atoms with Crippen LogP contribution in [0.25, 0.3) is 0 Å². The van der Waals surface area contributed by atoms with Crippen molar-refractivity contribution in [1.82, 2.24) is 5.32 Å². The summed E-state index contributed by atoms with van der Waals surface area (Å²) in [5.74, 6) is 0.00297. The molecule has 0 bridgehead atoms. The average molecular weight is 240 g/mol. The number of carbonyl (C=O) groups is 2. The van der Waals surface area contributed by atoms with Crippen LogP contribution >= 0.6 is 11.3 Å². The molecule has 0 fully saturated rings. The van der Waals surface area contributed by atoms with Gasteiger partial charge in [-0.25, -0.2) is 0 Å². The van der Waals surface area contributed by atoms with E-state index in [1.54, 1.807) is 6.07 Å².